The maximum Gasteiger partial charge on any atom is 0.0705 e. The topological polar surface area (TPSA) is 32.3 Å². The van der Waals surface area contributed by atoms with Gasteiger partial charge in [0.1, 0.15) is 0 Å². The standard InChI is InChI=1S/C12H25NO/c1-2-3-4-5-6-7-8-11-12(14)9-10-13-11/h11-14H,2-10H2,1H3. The minimum absolute atomic E-state index is 0.0781. The fourth-order valence-electron chi connectivity index (χ4n) is 2.19. The summed E-state index contributed by atoms with van der Waals surface area (Å²) in [7, 11) is 0. The third-order valence-corrected chi connectivity index (χ3v) is 3.18. The van der Waals surface area contributed by atoms with E-state index in [1.54, 1.807) is 0 Å². The maximum absolute atomic E-state index is 9.57. The van der Waals surface area contributed by atoms with Crippen LogP contribution in [0.1, 0.15) is 58.3 Å². The van der Waals surface area contributed by atoms with Crippen LogP contribution in [0.2, 0.25) is 0 Å². The molecule has 0 aliphatic carbocycles. The molecule has 0 aromatic heterocycles. The van der Waals surface area contributed by atoms with Crippen molar-refractivity contribution in [1.29, 1.82) is 0 Å². The van der Waals surface area contributed by atoms with Crippen LogP contribution < -0.4 is 5.32 Å². The number of unbranched alkanes of at least 4 members (excludes halogenated alkanes) is 5. The van der Waals surface area contributed by atoms with Crippen molar-refractivity contribution in [2.75, 3.05) is 6.54 Å². The van der Waals surface area contributed by atoms with Gasteiger partial charge in [0.2, 0.25) is 0 Å². The molecule has 1 aliphatic heterocycles. The van der Waals surface area contributed by atoms with Crippen molar-refractivity contribution < 1.29 is 5.11 Å². The van der Waals surface area contributed by atoms with Gasteiger partial charge in [0, 0.05) is 6.04 Å². The Hall–Kier alpha value is -0.0800. The highest BCUT2D eigenvalue weighted by Crippen LogP contribution is 2.14. The van der Waals surface area contributed by atoms with Gasteiger partial charge in [0.05, 0.1) is 6.10 Å². The van der Waals surface area contributed by atoms with Gasteiger partial charge in [-0.15, -0.1) is 0 Å². The molecule has 0 aromatic carbocycles. The predicted molar refractivity (Wildman–Crippen MR) is 60.4 cm³/mol. The monoisotopic (exact) mass is 199 g/mol. The van der Waals surface area contributed by atoms with E-state index in [9.17, 15) is 5.11 Å². The summed E-state index contributed by atoms with van der Waals surface area (Å²) in [6.07, 6.45) is 10.1. The third kappa shape index (κ3) is 4.43. The van der Waals surface area contributed by atoms with Crippen LogP contribution in [0.3, 0.4) is 0 Å². The van der Waals surface area contributed by atoms with Gasteiger partial charge in [-0.3, -0.25) is 0 Å². The summed E-state index contributed by atoms with van der Waals surface area (Å²) < 4.78 is 0. The lowest BCUT2D eigenvalue weighted by molar-refractivity contribution is 0.154. The van der Waals surface area contributed by atoms with Crippen LogP contribution in [-0.4, -0.2) is 23.8 Å². The first-order chi connectivity index (χ1) is 6.84. The molecule has 2 nitrogen and oxygen atoms in total. The molecule has 0 bridgehead atoms. The Labute approximate surface area is 88.1 Å². The van der Waals surface area contributed by atoms with Crippen molar-refractivity contribution in [1.82, 2.24) is 5.32 Å². The highest BCUT2D eigenvalue weighted by atomic mass is 16.3. The summed E-state index contributed by atoms with van der Waals surface area (Å²) in [5.74, 6) is 0. The molecule has 1 rings (SSSR count). The number of nitrogens with one attached hydrogen (secondary N) is 1. The van der Waals surface area contributed by atoms with Crippen LogP contribution in [0, 0.1) is 0 Å². The second kappa shape index (κ2) is 7.24. The number of hydrogen-bond donors (Lipinski definition) is 2. The molecule has 2 N–H and O–H groups in total. The first kappa shape index (κ1) is 12.0. The van der Waals surface area contributed by atoms with E-state index in [0.29, 0.717) is 6.04 Å². The van der Waals surface area contributed by atoms with Crippen LogP contribution in [-0.2, 0) is 0 Å². The summed E-state index contributed by atoms with van der Waals surface area (Å²) in [5, 5.41) is 12.9. The van der Waals surface area contributed by atoms with Crippen molar-refractivity contribution in [3.05, 3.63) is 0 Å². The fraction of sp³-hybridized carbons (Fsp3) is 1.00. The molecule has 0 radical (unpaired) electrons. The van der Waals surface area contributed by atoms with Crippen LogP contribution in [0.5, 0.6) is 0 Å². The Morgan fingerprint density at radius 1 is 1.14 bits per heavy atom. The Bertz CT molecular complexity index is 138. The highest BCUT2D eigenvalue weighted by molar-refractivity contribution is 4.82. The molecule has 0 aromatic rings. The smallest absolute Gasteiger partial charge is 0.0705 e. The van der Waals surface area contributed by atoms with Crippen molar-refractivity contribution in [3.63, 3.8) is 0 Å². The van der Waals surface area contributed by atoms with Gasteiger partial charge < -0.3 is 10.4 Å². The largest absolute Gasteiger partial charge is 0.391 e. The average Bonchev–Trinajstić information content (AvgIpc) is 2.58. The van der Waals surface area contributed by atoms with Crippen LogP contribution in [0.25, 0.3) is 0 Å². The third-order valence-electron chi connectivity index (χ3n) is 3.18. The molecule has 1 aliphatic rings. The first-order valence-corrected chi connectivity index (χ1v) is 6.26. The van der Waals surface area contributed by atoms with Crippen LogP contribution >= 0.6 is 0 Å². The second-order valence-corrected chi connectivity index (χ2v) is 4.47. The van der Waals surface area contributed by atoms with Gasteiger partial charge in [0.15, 0.2) is 0 Å². The van der Waals surface area contributed by atoms with Crippen LogP contribution in [0.15, 0.2) is 0 Å². The molecular weight excluding hydrogens is 174 g/mol. The lowest BCUT2D eigenvalue weighted by atomic mass is 10.0. The molecule has 1 heterocycles. The van der Waals surface area contributed by atoms with E-state index >= 15 is 0 Å². The molecule has 2 heteroatoms. The van der Waals surface area contributed by atoms with Crippen molar-refractivity contribution in [2.45, 2.75) is 70.4 Å². The zero-order valence-electron chi connectivity index (χ0n) is 9.47. The zero-order valence-corrected chi connectivity index (χ0v) is 9.47. The molecule has 1 saturated heterocycles. The van der Waals surface area contributed by atoms with E-state index in [1.165, 1.54) is 38.5 Å². The summed E-state index contributed by atoms with van der Waals surface area (Å²) in [4.78, 5) is 0. The second-order valence-electron chi connectivity index (χ2n) is 4.47. The van der Waals surface area contributed by atoms with Crippen molar-refractivity contribution in [2.24, 2.45) is 0 Å². The molecule has 0 spiro atoms. The highest BCUT2D eigenvalue weighted by Gasteiger charge is 2.23. The Balaban J connectivity index is 1.88. The van der Waals surface area contributed by atoms with E-state index in [1.807, 2.05) is 0 Å². The predicted octanol–water partition coefficient (Wildman–Crippen LogP) is 2.46. The van der Waals surface area contributed by atoms with Gasteiger partial charge in [-0.2, -0.15) is 0 Å². The summed E-state index contributed by atoms with van der Waals surface area (Å²) >= 11 is 0. The minimum Gasteiger partial charge on any atom is -0.391 e. The quantitative estimate of drug-likeness (QED) is 0.617. The molecule has 2 atom stereocenters. The van der Waals surface area contributed by atoms with Crippen LogP contribution in [0.4, 0.5) is 0 Å². The van der Waals surface area contributed by atoms with Gasteiger partial charge in [-0.05, 0) is 19.4 Å². The maximum atomic E-state index is 9.57. The number of hydrogen-bond acceptors (Lipinski definition) is 2. The molecule has 84 valence electrons. The number of aliphatic hydroxyl groups excluding tert-OH is 1. The Morgan fingerprint density at radius 2 is 1.86 bits per heavy atom. The SMILES string of the molecule is CCCCCCCCC1NCCC1O. The summed E-state index contributed by atoms with van der Waals surface area (Å²) in [6, 6.07) is 0.390. The van der Waals surface area contributed by atoms with Gasteiger partial charge in [-0.25, -0.2) is 0 Å². The molecule has 2 unspecified atom stereocenters. The Kier molecular flexibility index (Phi) is 6.20. The van der Waals surface area contributed by atoms with E-state index in [0.717, 1.165) is 19.4 Å². The summed E-state index contributed by atoms with van der Waals surface area (Å²) in [6.45, 7) is 3.25. The number of aliphatic hydroxyl groups is 1. The van der Waals surface area contributed by atoms with E-state index < -0.39 is 0 Å². The average molecular weight is 199 g/mol. The lowest BCUT2D eigenvalue weighted by Crippen LogP contribution is -2.29. The van der Waals surface area contributed by atoms with E-state index in [4.69, 9.17) is 0 Å². The van der Waals surface area contributed by atoms with Crippen molar-refractivity contribution >= 4 is 0 Å². The fourth-order valence-corrected chi connectivity index (χ4v) is 2.19. The molecule has 0 saturated carbocycles. The molecule has 0 amide bonds. The van der Waals surface area contributed by atoms with E-state index in [2.05, 4.69) is 12.2 Å². The summed E-state index contributed by atoms with van der Waals surface area (Å²) in [5.41, 5.74) is 0. The van der Waals surface area contributed by atoms with Gasteiger partial charge in [-0.1, -0.05) is 45.4 Å². The Morgan fingerprint density at radius 3 is 2.50 bits per heavy atom. The molecule has 14 heavy (non-hydrogen) atoms. The van der Waals surface area contributed by atoms with Crippen molar-refractivity contribution in [3.8, 4) is 0 Å². The normalized spacial score (nSPS) is 27.0. The molecular formula is C12H25NO. The number of rotatable bonds is 7. The molecule has 1 fully saturated rings. The van der Waals surface area contributed by atoms with Gasteiger partial charge in [0.25, 0.3) is 0 Å². The lowest BCUT2D eigenvalue weighted by Gasteiger charge is -2.13. The first-order valence-electron chi connectivity index (χ1n) is 6.26. The zero-order chi connectivity index (χ0) is 10.2. The van der Waals surface area contributed by atoms with E-state index in [-0.39, 0.29) is 6.10 Å². The minimum atomic E-state index is -0.0781. The van der Waals surface area contributed by atoms with Gasteiger partial charge >= 0.3 is 0 Å².